The highest BCUT2D eigenvalue weighted by atomic mass is 32.2. The Morgan fingerprint density at radius 1 is 1.22 bits per heavy atom. The van der Waals surface area contributed by atoms with Crippen molar-refractivity contribution in [1.29, 1.82) is 0 Å². The molecule has 0 unspecified atom stereocenters. The molecule has 0 saturated carbocycles. The van der Waals surface area contributed by atoms with Gasteiger partial charge in [0.1, 0.15) is 5.88 Å². The molecule has 0 atom stereocenters. The second kappa shape index (κ2) is 6.04. The Morgan fingerprint density at radius 2 is 1.89 bits per heavy atom. The Labute approximate surface area is 149 Å². The molecule has 144 valence electrons. The van der Waals surface area contributed by atoms with Crippen LogP contribution in [0.5, 0.6) is 0 Å². The van der Waals surface area contributed by atoms with Gasteiger partial charge in [-0.1, -0.05) is 5.21 Å². The molecule has 2 aromatic heterocycles. The summed E-state index contributed by atoms with van der Waals surface area (Å²) in [5.41, 5.74) is -4.00. The number of aryl methyl sites for hydroxylation is 1. The van der Waals surface area contributed by atoms with Gasteiger partial charge in [0.2, 0.25) is 0 Å². The number of nitrogens with zero attached hydrogens (tertiary/aromatic N) is 4. The lowest BCUT2D eigenvalue weighted by Crippen LogP contribution is -2.37. The van der Waals surface area contributed by atoms with E-state index in [1.807, 2.05) is 0 Å². The van der Waals surface area contributed by atoms with Crippen LogP contribution in [0.1, 0.15) is 5.56 Å². The fourth-order valence-electron chi connectivity index (χ4n) is 2.63. The third kappa shape index (κ3) is 3.49. The van der Waals surface area contributed by atoms with Gasteiger partial charge in [0, 0.05) is 18.9 Å². The van der Waals surface area contributed by atoms with Gasteiger partial charge in [-0.25, -0.2) is 22.5 Å². The number of hydrogen-bond donors (Lipinski definition) is 1. The van der Waals surface area contributed by atoms with E-state index in [4.69, 9.17) is 0 Å². The van der Waals surface area contributed by atoms with Crippen LogP contribution < -0.4 is 11.2 Å². The van der Waals surface area contributed by atoms with Crippen molar-refractivity contribution >= 4 is 20.7 Å². The van der Waals surface area contributed by atoms with Crippen LogP contribution in [0.3, 0.4) is 0 Å². The van der Waals surface area contributed by atoms with E-state index in [1.165, 1.54) is 7.05 Å². The number of sulfone groups is 1. The Balaban J connectivity index is 2.43. The van der Waals surface area contributed by atoms with Crippen LogP contribution >= 0.6 is 0 Å². The minimum Gasteiger partial charge on any atom is -0.307 e. The minimum atomic E-state index is -4.79. The van der Waals surface area contributed by atoms with Gasteiger partial charge >= 0.3 is 11.9 Å². The van der Waals surface area contributed by atoms with Crippen molar-refractivity contribution in [2.75, 3.05) is 6.26 Å². The number of fused-ring (bicyclic) bond motifs is 1. The highest BCUT2D eigenvalue weighted by molar-refractivity contribution is 7.89. The van der Waals surface area contributed by atoms with E-state index in [2.05, 4.69) is 15.3 Å². The van der Waals surface area contributed by atoms with Crippen LogP contribution in [-0.2, 0) is 28.9 Å². The number of nitrogens with one attached hydrogen (secondary N) is 1. The van der Waals surface area contributed by atoms with Crippen LogP contribution in [0.25, 0.3) is 22.2 Å². The zero-order valence-electron chi connectivity index (χ0n) is 13.9. The molecule has 1 N–H and O–H groups in total. The lowest BCUT2D eigenvalue weighted by Gasteiger charge is -2.14. The largest absolute Gasteiger partial charge is 0.417 e. The van der Waals surface area contributed by atoms with Gasteiger partial charge in [-0.05, 0) is 12.1 Å². The Kier molecular flexibility index (Phi) is 4.21. The third-order valence-corrected chi connectivity index (χ3v) is 4.51. The van der Waals surface area contributed by atoms with Crippen molar-refractivity contribution < 1.29 is 21.6 Å². The summed E-state index contributed by atoms with van der Waals surface area (Å²) >= 11 is 0. The zero-order valence-corrected chi connectivity index (χ0v) is 14.7. The number of hydrogen-bond acceptors (Lipinski definition) is 6. The molecule has 3 rings (SSSR count). The van der Waals surface area contributed by atoms with Crippen molar-refractivity contribution in [3.8, 4) is 11.3 Å². The Morgan fingerprint density at radius 3 is 2.41 bits per heavy atom. The van der Waals surface area contributed by atoms with Crippen LogP contribution in [0.15, 0.2) is 27.9 Å². The number of halogens is 3. The summed E-state index contributed by atoms with van der Waals surface area (Å²) in [5.74, 6) is -0.902. The molecule has 0 aliphatic carbocycles. The van der Waals surface area contributed by atoms with Gasteiger partial charge in [0.15, 0.2) is 9.84 Å². The van der Waals surface area contributed by atoms with E-state index in [-0.39, 0.29) is 22.2 Å². The SMILES string of the molecule is Cn1nncc1-c1cc2c(=O)n(CS(C)(=O)=O)c(=O)[nH]c2cc1C(F)(F)F. The quantitative estimate of drug-likeness (QED) is 0.680. The molecule has 9 nitrogen and oxygen atoms in total. The number of rotatable bonds is 3. The standard InChI is InChI=1S/C14H12F3N5O4S/c1-21-11(5-18-20-21)7-3-8-10(4-9(7)14(15,16)17)19-13(24)22(12(8)23)6-27(2,25)26/h3-5H,6H2,1-2H3,(H,19,24). The normalized spacial score (nSPS) is 12.6. The van der Waals surface area contributed by atoms with Gasteiger partial charge in [0.05, 0.1) is 28.4 Å². The first-order chi connectivity index (χ1) is 12.4. The summed E-state index contributed by atoms with van der Waals surface area (Å²) in [6.07, 6.45) is -2.87. The molecule has 13 heteroatoms. The minimum absolute atomic E-state index is 0.00973. The maximum Gasteiger partial charge on any atom is 0.417 e. The maximum absolute atomic E-state index is 13.5. The molecule has 0 bridgehead atoms. The topological polar surface area (TPSA) is 120 Å². The summed E-state index contributed by atoms with van der Waals surface area (Å²) in [5, 5.41) is 6.83. The molecule has 0 amide bonds. The number of H-pyrrole nitrogens is 1. The van der Waals surface area contributed by atoms with Crippen molar-refractivity contribution in [1.82, 2.24) is 24.5 Å². The van der Waals surface area contributed by atoms with E-state index in [9.17, 15) is 31.2 Å². The van der Waals surface area contributed by atoms with Gasteiger partial charge in [-0.3, -0.25) is 4.79 Å². The average Bonchev–Trinajstić information content (AvgIpc) is 2.94. The molecule has 0 aliphatic rings. The molecule has 0 fully saturated rings. The summed E-state index contributed by atoms with van der Waals surface area (Å²) in [6.45, 7) is 0. The van der Waals surface area contributed by atoms with Crippen molar-refractivity contribution in [2.45, 2.75) is 12.1 Å². The van der Waals surface area contributed by atoms with Gasteiger partial charge in [0.25, 0.3) is 5.56 Å². The smallest absolute Gasteiger partial charge is 0.307 e. The Hall–Kier alpha value is -2.96. The van der Waals surface area contributed by atoms with E-state index >= 15 is 0 Å². The highest BCUT2D eigenvalue weighted by Gasteiger charge is 2.35. The van der Waals surface area contributed by atoms with Crippen LogP contribution in [-0.4, -0.2) is 39.2 Å². The van der Waals surface area contributed by atoms with Gasteiger partial charge in [-0.15, -0.1) is 5.10 Å². The first-order valence-electron chi connectivity index (χ1n) is 7.29. The van der Waals surface area contributed by atoms with E-state index in [0.29, 0.717) is 10.6 Å². The zero-order chi connectivity index (χ0) is 20.1. The second-order valence-electron chi connectivity index (χ2n) is 5.90. The number of alkyl halides is 3. The predicted molar refractivity (Wildman–Crippen MR) is 88.7 cm³/mol. The molecule has 0 spiro atoms. The first-order valence-corrected chi connectivity index (χ1v) is 9.35. The molecular formula is C14H12F3N5O4S. The molecule has 3 aromatic rings. The second-order valence-corrected chi connectivity index (χ2v) is 8.01. The number of aromatic amines is 1. The first kappa shape index (κ1) is 18.8. The van der Waals surface area contributed by atoms with Gasteiger partial charge in [-0.2, -0.15) is 13.2 Å². The molecule has 2 heterocycles. The number of benzene rings is 1. The van der Waals surface area contributed by atoms with Crippen LogP contribution in [0, 0.1) is 0 Å². The van der Waals surface area contributed by atoms with Crippen LogP contribution in [0.2, 0.25) is 0 Å². The molecule has 1 aromatic carbocycles. The molecule has 27 heavy (non-hydrogen) atoms. The Bertz CT molecular complexity index is 1270. The van der Waals surface area contributed by atoms with Gasteiger partial charge < -0.3 is 4.98 Å². The number of aromatic nitrogens is 5. The summed E-state index contributed by atoms with van der Waals surface area (Å²) in [4.78, 5) is 26.7. The summed E-state index contributed by atoms with van der Waals surface area (Å²) in [7, 11) is -2.37. The third-order valence-electron chi connectivity index (χ3n) is 3.78. The summed E-state index contributed by atoms with van der Waals surface area (Å²) < 4.78 is 64.9. The van der Waals surface area contributed by atoms with E-state index in [0.717, 1.165) is 23.2 Å². The van der Waals surface area contributed by atoms with Crippen molar-refractivity contribution in [3.05, 3.63) is 44.7 Å². The lowest BCUT2D eigenvalue weighted by molar-refractivity contribution is -0.137. The fourth-order valence-corrected chi connectivity index (χ4v) is 3.34. The monoisotopic (exact) mass is 403 g/mol. The van der Waals surface area contributed by atoms with E-state index < -0.39 is 38.7 Å². The molecular weight excluding hydrogens is 391 g/mol. The van der Waals surface area contributed by atoms with Crippen molar-refractivity contribution in [2.24, 2.45) is 7.05 Å². The molecule has 0 radical (unpaired) electrons. The predicted octanol–water partition coefficient (Wildman–Crippen LogP) is 0.506. The molecule has 0 aliphatic heterocycles. The van der Waals surface area contributed by atoms with Crippen LogP contribution in [0.4, 0.5) is 13.2 Å². The highest BCUT2D eigenvalue weighted by Crippen LogP contribution is 2.38. The maximum atomic E-state index is 13.5. The van der Waals surface area contributed by atoms with E-state index in [1.54, 1.807) is 0 Å². The lowest BCUT2D eigenvalue weighted by atomic mass is 10.0. The average molecular weight is 403 g/mol. The summed E-state index contributed by atoms with van der Waals surface area (Å²) in [6, 6.07) is 1.57. The fraction of sp³-hybridized carbons (Fsp3) is 0.286. The van der Waals surface area contributed by atoms with Crippen molar-refractivity contribution in [3.63, 3.8) is 0 Å². The molecule has 0 saturated heterocycles.